The van der Waals surface area contributed by atoms with Crippen molar-refractivity contribution in [3.05, 3.63) is 0 Å². The number of carbonyl (C=O) groups is 2. The van der Waals surface area contributed by atoms with Gasteiger partial charge >= 0.3 is 5.97 Å². The quantitative estimate of drug-likeness (QED) is 0.363. The molecule has 0 amide bonds. The van der Waals surface area contributed by atoms with E-state index in [1.54, 1.807) is 27.9 Å². The van der Waals surface area contributed by atoms with Gasteiger partial charge in [-0.15, -0.1) is 0 Å². The normalized spacial score (nSPS) is 42.0. The summed E-state index contributed by atoms with van der Waals surface area (Å²) in [4.78, 5) is 32.3. The molecule has 42 heavy (non-hydrogen) atoms. The number of rotatable bonds is 5. The van der Waals surface area contributed by atoms with Crippen molar-refractivity contribution >= 4 is 11.8 Å². The molecule has 0 bridgehead atoms. The highest BCUT2D eigenvalue weighted by Gasteiger charge is 2.52. The molecule has 10 nitrogen and oxygen atoms in total. The molecule has 3 fully saturated rings. The van der Waals surface area contributed by atoms with Crippen molar-refractivity contribution in [1.29, 1.82) is 0 Å². The van der Waals surface area contributed by atoms with Crippen molar-refractivity contribution in [2.24, 2.45) is 23.2 Å². The SMILES string of the molecule is CO[C@]1(C)C[C@@H](C)CN(C)[C@H](C2CCNCC2)[C@H](C)OC(=O)C(C)(C)C(=O)[C@H](C)[C@H]1O[C@@H]1O[C@H](C)C[C@H](N(C)C)[C@H]1O. The molecule has 3 rings (SSSR count). The van der Waals surface area contributed by atoms with E-state index in [9.17, 15) is 14.7 Å². The van der Waals surface area contributed by atoms with Gasteiger partial charge in [0.25, 0.3) is 0 Å². The van der Waals surface area contributed by atoms with Crippen LogP contribution in [0.15, 0.2) is 0 Å². The number of Topliss-reactive ketones (excluding diaryl/α,β-unsaturated/α-hetero) is 1. The fourth-order valence-electron chi connectivity index (χ4n) is 7.76. The van der Waals surface area contributed by atoms with E-state index in [1.165, 1.54) is 0 Å². The molecule has 0 spiro atoms. The number of likely N-dealkylation sites (N-methyl/N-ethyl adjacent to an activating group) is 2. The average molecular weight is 598 g/mol. The molecule has 10 atom stereocenters. The Hall–Kier alpha value is -1.14. The first kappa shape index (κ1) is 35.3. The van der Waals surface area contributed by atoms with Gasteiger partial charge in [0.2, 0.25) is 0 Å². The van der Waals surface area contributed by atoms with Crippen LogP contribution >= 0.6 is 0 Å². The summed E-state index contributed by atoms with van der Waals surface area (Å²) in [5.41, 5.74) is -2.32. The van der Waals surface area contributed by atoms with Gasteiger partial charge in [0.05, 0.1) is 17.8 Å². The van der Waals surface area contributed by atoms with Crippen LogP contribution in [0.2, 0.25) is 0 Å². The number of aliphatic hydroxyl groups is 1. The third-order valence-electron chi connectivity index (χ3n) is 10.1. The Bertz CT molecular complexity index is 911. The lowest BCUT2D eigenvalue weighted by atomic mass is 9.74. The minimum Gasteiger partial charge on any atom is -0.460 e. The Labute approximate surface area is 254 Å². The Morgan fingerprint density at radius 1 is 1.07 bits per heavy atom. The average Bonchev–Trinajstić information content (AvgIpc) is 2.92. The van der Waals surface area contributed by atoms with Gasteiger partial charge in [-0.2, -0.15) is 0 Å². The highest BCUT2D eigenvalue weighted by Crippen LogP contribution is 2.39. The highest BCUT2D eigenvalue weighted by atomic mass is 16.7. The van der Waals surface area contributed by atoms with E-state index < -0.39 is 41.4 Å². The summed E-state index contributed by atoms with van der Waals surface area (Å²) in [6.07, 6.45) is 0.0902. The first-order valence-electron chi connectivity index (χ1n) is 15.9. The van der Waals surface area contributed by atoms with E-state index in [-0.39, 0.29) is 36.0 Å². The molecule has 3 aliphatic heterocycles. The second kappa shape index (κ2) is 14.3. The molecule has 10 heteroatoms. The number of ketones is 1. The fourth-order valence-corrected chi connectivity index (χ4v) is 7.76. The van der Waals surface area contributed by atoms with Crippen LogP contribution in [-0.4, -0.2) is 123 Å². The van der Waals surface area contributed by atoms with Crippen molar-refractivity contribution in [1.82, 2.24) is 15.1 Å². The third kappa shape index (κ3) is 7.73. The van der Waals surface area contributed by atoms with Gasteiger partial charge in [-0.3, -0.25) is 14.5 Å². The van der Waals surface area contributed by atoms with Gasteiger partial charge in [0.15, 0.2) is 12.1 Å². The van der Waals surface area contributed by atoms with Crippen molar-refractivity contribution in [3.63, 3.8) is 0 Å². The third-order valence-corrected chi connectivity index (χ3v) is 10.1. The van der Waals surface area contributed by atoms with Gasteiger partial charge in [0, 0.05) is 31.7 Å². The predicted octanol–water partition coefficient (Wildman–Crippen LogP) is 2.71. The Morgan fingerprint density at radius 2 is 1.69 bits per heavy atom. The second-order valence-electron chi connectivity index (χ2n) is 14.4. The standard InChI is InChI=1S/C32H59N3O7/c1-19-17-32(7,39-11)28(42-29-26(36)24(34(8)9)16-20(2)40-29)21(3)27(37)31(5,6)30(38)41-22(4)25(35(10)18-19)23-12-14-33-15-13-23/h19-26,28-29,33,36H,12-18H2,1-11H3/t19-,20-,21+,22+,24+,25+,26-,28-,29+,32-/m1/s1. The monoisotopic (exact) mass is 597 g/mol. The van der Waals surface area contributed by atoms with Crippen LogP contribution in [0.4, 0.5) is 0 Å². The molecule has 2 N–H and O–H groups in total. The van der Waals surface area contributed by atoms with Gasteiger partial charge in [-0.1, -0.05) is 13.8 Å². The maximum atomic E-state index is 14.2. The molecule has 0 unspecified atom stereocenters. The van der Waals surface area contributed by atoms with Crippen molar-refractivity contribution in [2.75, 3.05) is 47.9 Å². The number of carbonyl (C=O) groups excluding carboxylic acids is 2. The highest BCUT2D eigenvalue weighted by molar-refractivity contribution is 6.04. The summed E-state index contributed by atoms with van der Waals surface area (Å²) >= 11 is 0. The summed E-state index contributed by atoms with van der Waals surface area (Å²) in [7, 11) is 7.61. The molecule has 0 saturated carbocycles. The maximum Gasteiger partial charge on any atom is 0.319 e. The van der Waals surface area contributed by atoms with E-state index in [0.717, 1.165) is 32.5 Å². The lowest BCUT2D eigenvalue weighted by Crippen LogP contribution is -2.59. The predicted molar refractivity (Wildman–Crippen MR) is 162 cm³/mol. The summed E-state index contributed by atoms with van der Waals surface area (Å²) < 4.78 is 25.1. The zero-order valence-electron chi connectivity index (χ0n) is 28.0. The zero-order valence-corrected chi connectivity index (χ0v) is 28.0. The summed E-state index contributed by atoms with van der Waals surface area (Å²) in [5, 5.41) is 14.7. The number of methoxy groups -OCH3 is 1. The van der Waals surface area contributed by atoms with Gasteiger partial charge in [-0.05, 0) is 106 Å². The molecule has 0 radical (unpaired) electrons. The zero-order chi connectivity index (χ0) is 31.6. The molecule has 3 aliphatic rings. The molecule has 0 aromatic rings. The molecule has 3 saturated heterocycles. The minimum atomic E-state index is -1.41. The molecular formula is C32H59N3O7. The number of esters is 1. The van der Waals surface area contributed by atoms with Crippen LogP contribution < -0.4 is 5.32 Å². The molecular weight excluding hydrogens is 538 g/mol. The van der Waals surface area contributed by atoms with Gasteiger partial charge in [-0.25, -0.2) is 0 Å². The van der Waals surface area contributed by atoms with Gasteiger partial charge in [0.1, 0.15) is 17.6 Å². The van der Waals surface area contributed by atoms with E-state index in [1.807, 2.05) is 39.8 Å². The molecule has 0 aromatic carbocycles. The molecule has 3 heterocycles. The number of hydrogen-bond donors (Lipinski definition) is 2. The van der Waals surface area contributed by atoms with E-state index >= 15 is 0 Å². The fraction of sp³-hybridized carbons (Fsp3) is 0.938. The maximum absolute atomic E-state index is 14.2. The Kier molecular flexibility index (Phi) is 12.0. The summed E-state index contributed by atoms with van der Waals surface area (Å²) in [6, 6.07) is -0.139. The first-order chi connectivity index (χ1) is 19.5. The number of piperidine rings is 1. The van der Waals surface area contributed by atoms with E-state index in [2.05, 4.69) is 24.2 Å². The van der Waals surface area contributed by atoms with Crippen molar-refractivity contribution in [2.45, 2.75) is 123 Å². The van der Waals surface area contributed by atoms with Crippen LogP contribution in [0.3, 0.4) is 0 Å². The Morgan fingerprint density at radius 3 is 2.26 bits per heavy atom. The number of aliphatic hydroxyl groups excluding tert-OH is 1. The lowest BCUT2D eigenvalue weighted by molar-refractivity contribution is -0.295. The van der Waals surface area contributed by atoms with Crippen LogP contribution in [-0.2, 0) is 28.5 Å². The number of cyclic esters (lactones) is 1. The summed E-state index contributed by atoms with van der Waals surface area (Å²) in [6.45, 7) is 15.8. The number of hydrogen-bond acceptors (Lipinski definition) is 10. The van der Waals surface area contributed by atoms with Gasteiger partial charge < -0.3 is 34.3 Å². The lowest BCUT2D eigenvalue weighted by Gasteiger charge is -2.47. The number of ether oxygens (including phenoxy) is 4. The van der Waals surface area contributed by atoms with Crippen LogP contribution in [0, 0.1) is 23.2 Å². The van der Waals surface area contributed by atoms with Crippen LogP contribution in [0.5, 0.6) is 0 Å². The number of nitrogens with one attached hydrogen (secondary N) is 1. The smallest absolute Gasteiger partial charge is 0.319 e. The second-order valence-corrected chi connectivity index (χ2v) is 14.4. The first-order valence-corrected chi connectivity index (χ1v) is 15.9. The van der Waals surface area contributed by atoms with Crippen LogP contribution in [0.1, 0.15) is 74.1 Å². The van der Waals surface area contributed by atoms with E-state index in [4.69, 9.17) is 18.9 Å². The van der Waals surface area contributed by atoms with Crippen LogP contribution in [0.25, 0.3) is 0 Å². The minimum absolute atomic E-state index is 0.0265. The molecule has 244 valence electrons. The number of nitrogens with zero attached hydrogens (tertiary/aromatic N) is 2. The topological polar surface area (TPSA) is 110 Å². The Balaban J connectivity index is 2.03. The van der Waals surface area contributed by atoms with Crippen molar-refractivity contribution in [3.8, 4) is 0 Å². The summed E-state index contributed by atoms with van der Waals surface area (Å²) in [5.74, 6) is -1.02. The van der Waals surface area contributed by atoms with E-state index in [0.29, 0.717) is 18.8 Å². The molecule has 0 aromatic heterocycles. The molecule has 0 aliphatic carbocycles. The van der Waals surface area contributed by atoms with Crippen molar-refractivity contribution < 1.29 is 33.6 Å². The largest absolute Gasteiger partial charge is 0.460 e.